The molecule has 1 aromatic rings. The number of nitrogens with one attached hydrogen (secondary N) is 3. The summed E-state index contributed by atoms with van der Waals surface area (Å²) in [5.41, 5.74) is 0.836. The molecule has 0 saturated carbocycles. The van der Waals surface area contributed by atoms with Gasteiger partial charge in [-0.15, -0.1) is 0 Å². The van der Waals surface area contributed by atoms with Crippen LogP contribution in [0.1, 0.15) is 39.2 Å². The Morgan fingerprint density at radius 2 is 1.96 bits per heavy atom. The molecule has 0 aliphatic carbocycles. The van der Waals surface area contributed by atoms with E-state index in [4.69, 9.17) is 0 Å². The van der Waals surface area contributed by atoms with Gasteiger partial charge in [0.05, 0.1) is 6.54 Å². The van der Waals surface area contributed by atoms with Crippen LogP contribution in [0.4, 0.5) is 5.82 Å². The Bertz CT molecular complexity index is 585. The topological polar surface area (TPSA) is 81.6 Å². The van der Waals surface area contributed by atoms with E-state index in [-0.39, 0.29) is 18.0 Å². The molecule has 25 heavy (non-hydrogen) atoms. The highest BCUT2D eigenvalue weighted by Gasteiger charge is 2.14. The number of aromatic nitrogens is 1. The molecule has 1 fully saturated rings. The van der Waals surface area contributed by atoms with Gasteiger partial charge in [0.1, 0.15) is 5.82 Å². The fourth-order valence-electron chi connectivity index (χ4n) is 2.69. The Balaban J connectivity index is 1.77. The molecule has 1 aliphatic heterocycles. The number of amides is 1. The standard InChI is InChI=1S/C18H30N6O/c1-18(2,3)23-16(25)13-22-17(19-4)21-12-14-7-8-15(20-11-14)24-9-5-6-10-24/h7-8,11H,5-6,9-10,12-13H2,1-4H3,(H,23,25)(H2,19,21,22). The van der Waals surface area contributed by atoms with Crippen molar-refractivity contribution in [1.29, 1.82) is 0 Å². The number of carbonyl (C=O) groups is 1. The van der Waals surface area contributed by atoms with Gasteiger partial charge in [-0.2, -0.15) is 0 Å². The van der Waals surface area contributed by atoms with Crippen LogP contribution in [0, 0.1) is 0 Å². The summed E-state index contributed by atoms with van der Waals surface area (Å²) in [5.74, 6) is 1.57. The number of pyridine rings is 1. The second-order valence-corrected chi connectivity index (χ2v) is 7.30. The summed E-state index contributed by atoms with van der Waals surface area (Å²) < 4.78 is 0. The van der Waals surface area contributed by atoms with Crippen molar-refractivity contribution in [2.24, 2.45) is 4.99 Å². The smallest absolute Gasteiger partial charge is 0.239 e. The van der Waals surface area contributed by atoms with Gasteiger partial charge in [0.25, 0.3) is 0 Å². The third kappa shape index (κ3) is 6.60. The van der Waals surface area contributed by atoms with Gasteiger partial charge in [-0.25, -0.2) is 4.98 Å². The average Bonchev–Trinajstić information content (AvgIpc) is 3.08. The lowest BCUT2D eigenvalue weighted by Crippen LogP contribution is -2.48. The predicted molar refractivity (Wildman–Crippen MR) is 102 cm³/mol. The number of anilines is 1. The largest absolute Gasteiger partial charge is 0.357 e. The normalized spacial score (nSPS) is 15.2. The van der Waals surface area contributed by atoms with Crippen molar-refractivity contribution in [2.45, 2.75) is 45.7 Å². The molecule has 1 saturated heterocycles. The molecule has 0 bridgehead atoms. The first kappa shape index (κ1) is 19.0. The van der Waals surface area contributed by atoms with Gasteiger partial charge in [0.15, 0.2) is 5.96 Å². The van der Waals surface area contributed by atoms with Gasteiger partial charge in [-0.05, 0) is 45.2 Å². The zero-order valence-corrected chi connectivity index (χ0v) is 15.7. The maximum absolute atomic E-state index is 11.8. The number of rotatable bonds is 5. The zero-order chi connectivity index (χ0) is 18.3. The minimum atomic E-state index is -0.238. The Morgan fingerprint density at radius 3 is 2.52 bits per heavy atom. The number of aliphatic imine (C=N–C) groups is 1. The molecular weight excluding hydrogens is 316 g/mol. The van der Waals surface area contributed by atoms with Gasteiger partial charge in [0, 0.05) is 38.4 Å². The molecule has 1 aromatic heterocycles. The Morgan fingerprint density at radius 1 is 1.24 bits per heavy atom. The monoisotopic (exact) mass is 346 g/mol. The Kier molecular flexibility index (Phi) is 6.61. The first-order valence-electron chi connectivity index (χ1n) is 8.83. The second kappa shape index (κ2) is 8.69. The van der Waals surface area contributed by atoms with Crippen LogP contribution in [-0.2, 0) is 11.3 Å². The first-order valence-corrected chi connectivity index (χ1v) is 8.83. The van der Waals surface area contributed by atoms with Gasteiger partial charge < -0.3 is 20.9 Å². The van der Waals surface area contributed by atoms with Gasteiger partial charge in [-0.3, -0.25) is 9.79 Å². The van der Waals surface area contributed by atoms with E-state index in [2.05, 4.69) is 43.0 Å². The van der Waals surface area contributed by atoms with E-state index in [1.807, 2.05) is 27.0 Å². The van der Waals surface area contributed by atoms with Crippen molar-refractivity contribution in [1.82, 2.24) is 20.9 Å². The fourth-order valence-corrected chi connectivity index (χ4v) is 2.69. The third-order valence-corrected chi connectivity index (χ3v) is 3.85. The van der Waals surface area contributed by atoms with Crippen LogP contribution in [-0.4, -0.2) is 49.1 Å². The minimum Gasteiger partial charge on any atom is -0.357 e. The molecule has 0 unspecified atom stereocenters. The lowest BCUT2D eigenvalue weighted by Gasteiger charge is -2.21. The molecule has 0 spiro atoms. The predicted octanol–water partition coefficient (Wildman–Crippen LogP) is 1.26. The number of guanidine groups is 1. The Labute approximate surface area is 150 Å². The number of hydrogen-bond donors (Lipinski definition) is 3. The fraction of sp³-hybridized carbons (Fsp3) is 0.611. The van der Waals surface area contributed by atoms with Crippen molar-refractivity contribution in [3.05, 3.63) is 23.9 Å². The van der Waals surface area contributed by atoms with Crippen molar-refractivity contribution >= 4 is 17.7 Å². The zero-order valence-electron chi connectivity index (χ0n) is 15.7. The molecule has 0 radical (unpaired) electrons. The van der Waals surface area contributed by atoms with Crippen molar-refractivity contribution in [3.63, 3.8) is 0 Å². The summed E-state index contributed by atoms with van der Waals surface area (Å²) in [6.07, 6.45) is 4.38. The highest BCUT2D eigenvalue weighted by Crippen LogP contribution is 2.17. The molecule has 7 heteroatoms. The summed E-state index contributed by atoms with van der Waals surface area (Å²) in [7, 11) is 1.69. The molecule has 1 aliphatic rings. The molecule has 1 amide bonds. The molecule has 2 heterocycles. The van der Waals surface area contributed by atoms with Crippen LogP contribution < -0.4 is 20.9 Å². The summed E-state index contributed by atoms with van der Waals surface area (Å²) in [5, 5.41) is 9.12. The molecule has 7 nitrogen and oxygen atoms in total. The van der Waals surface area contributed by atoms with E-state index in [1.165, 1.54) is 12.8 Å². The SMILES string of the molecule is CN=C(NCC(=O)NC(C)(C)C)NCc1ccc(N2CCCC2)nc1. The van der Waals surface area contributed by atoms with Crippen LogP contribution >= 0.6 is 0 Å². The van der Waals surface area contributed by atoms with Crippen LogP contribution in [0.3, 0.4) is 0 Å². The van der Waals surface area contributed by atoms with Crippen molar-refractivity contribution < 1.29 is 4.79 Å². The molecule has 3 N–H and O–H groups in total. The number of nitrogens with zero attached hydrogens (tertiary/aromatic N) is 3. The average molecular weight is 346 g/mol. The molecule has 2 rings (SSSR count). The van der Waals surface area contributed by atoms with E-state index >= 15 is 0 Å². The first-order chi connectivity index (χ1) is 11.9. The van der Waals surface area contributed by atoms with Crippen molar-refractivity contribution in [2.75, 3.05) is 31.6 Å². The van der Waals surface area contributed by atoms with E-state index in [0.717, 1.165) is 24.5 Å². The summed E-state index contributed by atoms with van der Waals surface area (Å²) >= 11 is 0. The lowest BCUT2D eigenvalue weighted by atomic mass is 10.1. The maximum atomic E-state index is 11.8. The van der Waals surface area contributed by atoms with Crippen LogP contribution in [0.5, 0.6) is 0 Å². The van der Waals surface area contributed by atoms with Crippen LogP contribution in [0.15, 0.2) is 23.3 Å². The van der Waals surface area contributed by atoms with Crippen LogP contribution in [0.25, 0.3) is 0 Å². The van der Waals surface area contributed by atoms with Crippen molar-refractivity contribution in [3.8, 4) is 0 Å². The maximum Gasteiger partial charge on any atom is 0.239 e. The van der Waals surface area contributed by atoms with Gasteiger partial charge in [-0.1, -0.05) is 6.07 Å². The number of hydrogen-bond acceptors (Lipinski definition) is 4. The molecule has 138 valence electrons. The molecule has 0 aromatic carbocycles. The third-order valence-electron chi connectivity index (χ3n) is 3.85. The highest BCUT2D eigenvalue weighted by molar-refractivity contribution is 5.86. The van der Waals surface area contributed by atoms with Gasteiger partial charge >= 0.3 is 0 Å². The Hall–Kier alpha value is -2.31. The summed E-state index contributed by atoms with van der Waals surface area (Å²) in [6, 6.07) is 4.14. The van der Waals surface area contributed by atoms with Crippen LogP contribution in [0.2, 0.25) is 0 Å². The minimum absolute atomic E-state index is 0.0629. The molecule has 0 atom stereocenters. The lowest BCUT2D eigenvalue weighted by molar-refractivity contribution is -0.121. The quantitative estimate of drug-likeness (QED) is 0.552. The highest BCUT2D eigenvalue weighted by atomic mass is 16.2. The van der Waals surface area contributed by atoms with E-state index < -0.39 is 0 Å². The van der Waals surface area contributed by atoms with E-state index in [9.17, 15) is 4.79 Å². The summed E-state index contributed by atoms with van der Waals surface area (Å²) in [6.45, 7) is 8.84. The van der Waals surface area contributed by atoms with Gasteiger partial charge in [0.2, 0.25) is 5.91 Å². The van der Waals surface area contributed by atoms with E-state index in [0.29, 0.717) is 12.5 Å². The molecular formula is C18H30N6O. The van der Waals surface area contributed by atoms with E-state index in [1.54, 1.807) is 7.05 Å². The number of carbonyl (C=O) groups excluding carboxylic acids is 1. The second-order valence-electron chi connectivity index (χ2n) is 7.30. The summed E-state index contributed by atoms with van der Waals surface area (Å²) in [4.78, 5) is 22.8.